The van der Waals surface area contributed by atoms with Crippen LogP contribution in [0.2, 0.25) is 0 Å². The van der Waals surface area contributed by atoms with E-state index in [9.17, 15) is 4.79 Å². The van der Waals surface area contributed by atoms with Crippen molar-refractivity contribution in [2.45, 2.75) is 44.7 Å². The van der Waals surface area contributed by atoms with Gasteiger partial charge < -0.3 is 20.1 Å². The van der Waals surface area contributed by atoms with Gasteiger partial charge in [0.25, 0.3) is 0 Å². The molecule has 1 aliphatic carbocycles. The molecule has 0 radical (unpaired) electrons. The average Bonchev–Trinajstić information content (AvgIpc) is 2.96. The van der Waals surface area contributed by atoms with Crippen LogP contribution in [0.15, 0.2) is 24.5 Å². The number of carbonyl (C=O) groups excluding carboxylic acids is 1. The van der Waals surface area contributed by atoms with Gasteiger partial charge in [-0.2, -0.15) is 0 Å². The highest BCUT2D eigenvalue weighted by atomic mass is 16.2. The lowest BCUT2D eigenvalue weighted by molar-refractivity contribution is 0.244. The van der Waals surface area contributed by atoms with E-state index in [0.717, 1.165) is 42.7 Å². The minimum Gasteiger partial charge on any atom is -0.335 e. The molecule has 1 aromatic heterocycles. The minimum absolute atomic E-state index is 0.111. The van der Waals surface area contributed by atoms with Crippen LogP contribution in [0.1, 0.15) is 32.1 Å². The monoisotopic (exact) mass is 329 g/mol. The molecule has 1 saturated carbocycles. The summed E-state index contributed by atoms with van der Waals surface area (Å²) >= 11 is 0. The maximum Gasteiger partial charge on any atom is 0.319 e. The summed E-state index contributed by atoms with van der Waals surface area (Å²) in [7, 11) is 4.11. The number of carbonyl (C=O) groups is 1. The number of anilines is 1. The molecule has 1 aromatic carbocycles. The number of hydrogen-bond acceptors (Lipinski definition) is 3. The van der Waals surface area contributed by atoms with Gasteiger partial charge in [0.2, 0.25) is 0 Å². The summed E-state index contributed by atoms with van der Waals surface area (Å²) in [6, 6.07) is 6.07. The fraction of sp³-hybridized carbons (Fsp3) is 0.556. The topological polar surface area (TPSA) is 62.2 Å². The van der Waals surface area contributed by atoms with Crippen molar-refractivity contribution in [2.24, 2.45) is 0 Å². The summed E-state index contributed by atoms with van der Waals surface area (Å²) < 4.78 is 2.12. The first-order valence-electron chi connectivity index (χ1n) is 8.79. The van der Waals surface area contributed by atoms with Crippen LogP contribution in [-0.2, 0) is 6.54 Å². The Balaban J connectivity index is 1.65. The molecular weight excluding hydrogens is 302 g/mol. The van der Waals surface area contributed by atoms with E-state index in [2.05, 4.69) is 39.2 Å². The Morgan fingerprint density at radius 1 is 1.29 bits per heavy atom. The lowest BCUT2D eigenvalue weighted by Crippen LogP contribution is -2.39. The van der Waals surface area contributed by atoms with Crippen molar-refractivity contribution in [3.05, 3.63) is 24.5 Å². The molecular formula is C18H27N5O. The molecule has 1 aliphatic rings. The predicted octanol–water partition coefficient (Wildman–Crippen LogP) is 3.05. The summed E-state index contributed by atoms with van der Waals surface area (Å²) in [6.07, 6.45) is 7.74. The highest BCUT2D eigenvalue weighted by Crippen LogP contribution is 2.20. The van der Waals surface area contributed by atoms with Crippen LogP contribution in [0, 0.1) is 0 Å². The molecule has 2 N–H and O–H groups in total. The van der Waals surface area contributed by atoms with Gasteiger partial charge in [-0.15, -0.1) is 0 Å². The second-order valence-corrected chi connectivity index (χ2v) is 6.88. The Hall–Kier alpha value is -2.08. The summed E-state index contributed by atoms with van der Waals surface area (Å²) in [5, 5.41) is 6.05. The summed E-state index contributed by atoms with van der Waals surface area (Å²) in [5.41, 5.74) is 2.81. The van der Waals surface area contributed by atoms with Gasteiger partial charge >= 0.3 is 6.03 Å². The number of amides is 2. The van der Waals surface area contributed by atoms with Crippen molar-refractivity contribution < 1.29 is 4.79 Å². The number of imidazole rings is 1. The van der Waals surface area contributed by atoms with Gasteiger partial charge in [-0.3, -0.25) is 0 Å². The Bertz CT molecular complexity index is 688. The van der Waals surface area contributed by atoms with Crippen molar-refractivity contribution >= 4 is 22.8 Å². The van der Waals surface area contributed by atoms with Crippen LogP contribution in [-0.4, -0.2) is 47.2 Å². The predicted molar refractivity (Wildman–Crippen MR) is 97.3 cm³/mol. The fourth-order valence-corrected chi connectivity index (χ4v) is 3.22. The minimum atomic E-state index is -0.111. The van der Waals surface area contributed by atoms with Crippen LogP contribution in [0.5, 0.6) is 0 Å². The molecule has 0 unspecified atom stereocenters. The lowest BCUT2D eigenvalue weighted by atomic mass is 9.96. The van der Waals surface area contributed by atoms with Gasteiger partial charge in [-0.25, -0.2) is 9.78 Å². The van der Waals surface area contributed by atoms with Crippen LogP contribution in [0.3, 0.4) is 0 Å². The number of nitrogens with zero attached hydrogens (tertiary/aromatic N) is 3. The molecule has 0 aliphatic heterocycles. The number of rotatable bonds is 5. The molecule has 0 spiro atoms. The van der Waals surface area contributed by atoms with Crippen molar-refractivity contribution in [3.8, 4) is 0 Å². The molecule has 1 fully saturated rings. The third kappa shape index (κ3) is 4.26. The van der Waals surface area contributed by atoms with Crippen LogP contribution in [0.25, 0.3) is 11.0 Å². The number of urea groups is 1. The third-order valence-electron chi connectivity index (χ3n) is 4.61. The van der Waals surface area contributed by atoms with Crippen LogP contribution >= 0.6 is 0 Å². The molecule has 0 bridgehead atoms. The average molecular weight is 329 g/mol. The van der Waals surface area contributed by atoms with E-state index in [1.54, 1.807) is 0 Å². The molecule has 130 valence electrons. The van der Waals surface area contributed by atoms with Crippen LogP contribution in [0.4, 0.5) is 10.5 Å². The summed E-state index contributed by atoms with van der Waals surface area (Å²) in [6.45, 7) is 1.83. The number of benzene rings is 1. The van der Waals surface area contributed by atoms with Crippen molar-refractivity contribution in [2.75, 3.05) is 26.0 Å². The van der Waals surface area contributed by atoms with Gasteiger partial charge in [-0.05, 0) is 45.1 Å². The number of fused-ring (bicyclic) bond motifs is 1. The van der Waals surface area contributed by atoms with Crippen molar-refractivity contribution in [1.82, 2.24) is 19.8 Å². The molecule has 2 amide bonds. The first-order valence-corrected chi connectivity index (χ1v) is 8.79. The lowest BCUT2D eigenvalue weighted by Gasteiger charge is -2.22. The van der Waals surface area contributed by atoms with E-state index < -0.39 is 0 Å². The standard InChI is InChI=1S/C18H27N5O/c1-22(2)10-11-23-13-19-16-9-8-15(12-17(16)23)21-18(24)20-14-6-4-3-5-7-14/h8-9,12-14H,3-7,10-11H2,1-2H3,(H2,20,21,24). The number of likely N-dealkylation sites (N-methyl/N-ethyl adjacent to an activating group) is 1. The van der Waals surface area contributed by atoms with E-state index >= 15 is 0 Å². The SMILES string of the molecule is CN(C)CCn1cnc2ccc(NC(=O)NC3CCCCC3)cc21. The summed E-state index contributed by atoms with van der Waals surface area (Å²) in [5.74, 6) is 0. The fourth-order valence-electron chi connectivity index (χ4n) is 3.22. The Kier molecular flexibility index (Phi) is 5.35. The first-order chi connectivity index (χ1) is 11.6. The first kappa shape index (κ1) is 16.8. The van der Waals surface area contributed by atoms with Gasteiger partial charge in [-0.1, -0.05) is 19.3 Å². The van der Waals surface area contributed by atoms with Gasteiger partial charge in [0, 0.05) is 24.8 Å². The normalized spacial score (nSPS) is 15.8. The quantitative estimate of drug-likeness (QED) is 0.886. The Morgan fingerprint density at radius 2 is 2.08 bits per heavy atom. The summed E-state index contributed by atoms with van der Waals surface area (Å²) in [4.78, 5) is 18.8. The molecule has 3 rings (SSSR count). The van der Waals surface area contributed by atoms with Crippen molar-refractivity contribution in [1.29, 1.82) is 0 Å². The second kappa shape index (κ2) is 7.66. The molecule has 6 heteroatoms. The third-order valence-corrected chi connectivity index (χ3v) is 4.61. The maximum atomic E-state index is 12.2. The number of hydrogen-bond donors (Lipinski definition) is 2. The van der Waals surface area contributed by atoms with E-state index in [1.165, 1.54) is 19.3 Å². The second-order valence-electron chi connectivity index (χ2n) is 6.88. The maximum absolute atomic E-state index is 12.2. The number of aromatic nitrogens is 2. The largest absolute Gasteiger partial charge is 0.335 e. The molecule has 0 saturated heterocycles. The molecule has 2 aromatic rings. The van der Waals surface area contributed by atoms with E-state index in [1.807, 2.05) is 24.5 Å². The highest BCUT2D eigenvalue weighted by molar-refractivity contribution is 5.92. The zero-order chi connectivity index (χ0) is 16.9. The zero-order valence-corrected chi connectivity index (χ0v) is 14.6. The van der Waals surface area contributed by atoms with Gasteiger partial charge in [0.1, 0.15) is 0 Å². The van der Waals surface area contributed by atoms with Gasteiger partial charge in [0.05, 0.1) is 17.4 Å². The molecule has 6 nitrogen and oxygen atoms in total. The Morgan fingerprint density at radius 3 is 2.83 bits per heavy atom. The molecule has 1 heterocycles. The Labute approximate surface area is 143 Å². The van der Waals surface area contributed by atoms with E-state index in [4.69, 9.17) is 0 Å². The zero-order valence-electron chi connectivity index (χ0n) is 14.6. The van der Waals surface area contributed by atoms with Gasteiger partial charge in [0.15, 0.2) is 0 Å². The van der Waals surface area contributed by atoms with E-state index in [-0.39, 0.29) is 6.03 Å². The smallest absolute Gasteiger partial charge is 0.319 e. The van der Waals surface area contributed by atoms with Crippen molar-refractivity contribution in [3.63, 3.8) is 0 Å². The highest BCUT2D eigenvalue weighted by Gasteiger charge is 2.15. The number of nitrogens with one attached hydrogen (secondary N) is 2. The van der Waals surface area contributed by atoms with Crippen LogP contribution < -0.4 is 10.6 Å². The van der Waals surface area contributed by atoms with E-state index in [0.29, 0.717) is 6.04 Å². The molecule has 0 atom stereocenters. The molecule has 24 heavy (non-hydrogen) atoms.